The van der Waals surface area contributed by atoms with Crippen LogP contribution in [-0.4, -0.2) is 26.0 Å². The fourth-order valence-corrected chi connectivity index (χ4v) is 3.74. The quantitative estimate of drug-likeness (QED) is 0.228. The predicted octanol–water partition coefficient (Wildman–Crippen LogP) is 5.86. The molecule has 8 nitrogen and oxygen atoms in total. The van der Waals surface area contributed by atoms with E-state index in [0.717, 1.165) is 5.69 Å². The van der Waals surface area contributed by atoms with Crippen molar-refractivity contribution >= 4 is 51.6 Å². The Balaban J connectivity index is 1.90. The highest BCUT2D eigenvalue weighted by Crippen LogP contribution is 2.35. The number of H-pyrrole nitrogens is 1. The smallest absolute Gasteiger partial charge is 0.331 e. The molecule has 0 radical (unpaired) electrons. The molecule has 0 aliphatic carbocycles. The molecule has 0 saturated carbocycles. The molecule has 4 aromatic rings. The molecular weight excluding hydrogens is 471 g/mol. The van der Waals surface area contributed by atoms with Crippen LogP contribution in [0.25, 0.3) is 17.0 Å². The molecule has 0 aliphatic rings. The summed E-state index contributed by atoms with van der Waals surface area (Å²) in [6.07, 6.45) is 6.57. The summed E-state index contributed by atoms with van der Waals surface area (Å²) in [5.74, 6) is -1.58. The van der Waals surface area contributed by atoms with Gasteiger partial charge in [0.1, 0.15) is 11.9 Å². The monoisotopic (exact) mass is 490 g/mol. The first kappa shape index (κ1) is 23.7. The van der Waals surface area contributed by atoms with E-state index in [1.54, 1.807) is 31.6 Å². The van der Waals surface area contributed by atoms with E-state index in [0.29, 0.717) is 46.5 Å². The van der Waals surface area contributed by atoms with Crippen molar-refractivity contribution in [2.45, 2.75) is 19.9 Å². The fraction of sp³-hybridized carbons (Fsp3) is 0.120. The first-order valence-corrected chi connectivity index (χ1v) is 11.0. The number of nitriles is 1. The Morgan fingerprint density at radius 1 is 1.29 bits per heavy atom. The normalized spacial score (nSPS) is 11.3. The van der Waals surface area contributed by atoms with E-state index in [9.17, 15) is 19.6 Å². The Morgan fingerprint density at radius 2 is 2.11 bits per heavy atom. The van der Waals surface area contributed by atoms with Crippen LogP contribution in [0.3, 0.4) is 0 Å². The molecule has 0 saturated heterocycles. The van der Waals surface area contributed by atoms with Crippen molar-refractivity contribution in [1.82, 2.24) is 15.0 Å². The van der Waals surface area contributed by atoms with Gasteiger partial charge in [-0.3, -0.25) is 4.98 Å². The van der Waals surface area contributed by atoms with Crippen LogP contribution >= 0.6 is 11.6 Å². The zero-order valence-corrected chi connectivity index (χ0v) is 19.3. The molecule has 0 aliphatic heterocycles. The molecule has 0 atom stereocenters. The summed E-state index contributed by atoms with van der Waals surface area (Å²) in [5, 5.41) is 26.3. The molecule has 0 fully saturated rings. The number of aromatic nitrogens is 3. The van der Waals surface area contributed by atoms with Crippen molar-refractivity contribution in [2.24, 2.45) is 0 Å². The van der Waals surface area contributed by atoms with Crippen molar-refractivity contribution in [1.29, 1.82) is 5.26 Å². The molecule has 0 unspecified atom stereocenters. The molecule has 4 N–H and O–H groups in total. The van der Waals surface area contributed by atoms with Crippen molar-refractivity contribution in [3.8, 4) is 6.07 Å². The number of benzene rings is 2. The van der Waals surface area contributed by atoms with Gasteiger partial charge in [0.15, 0.2) is 0 Å². The van der Waals surface area contributed by atoms with Crippen molar-refractivity contribution in [2.75, 3.05) is 10.6 Å². The highest BCUT2D eigenvalue weighted by atomic mass is 35.5. The van der Waals surface area contributed by atoms with Crippen LogP contribution in [0.1, 0.15) is 30.2 Å². The SMILES string of the molecule is CCC(=Cc1cc(NCc2cnc[nH]2)cc2c(Nc3ccc(F)c(Cl)c3)c(C#N)cnc12)C(=O)O. The number of imidazole rings is 1. The highest BCUT2D eigenvalue weighted by molar-refractivity contribution is 6.31. The number of hydrogen-bond acceptors (Lipinski definition) is 6. The lowest BCUT2D eigenvalue weighted by molar-refractivity contribution is -0.132. The van der Waals surface area contributed by atoms with Crippen LogP contribution in [0.2, 0.25) is 5.02 Å². The maximum absolute atomic E-state index is 13.7. The van der Waals surface area contributed by atoms with Gasteiger partial charge >= 0.3 is 5.97 Å². The molecule has 2 aromatic carbocycles. The number of rotatable bonds is 8. The number of pyridine rings is 1. The fourth-order valence-electron chi connectivity index (χ4n) is 3.56. The number of hydrogen-bond donors (Lipinski definition) is 4. The summed E-state index contributed by atoms with van der Waals surface area (Å²) in [5.41, 5.74) is 3.98. The number of fused-ring (bicyclic) bond motifs is 1. The van der Waals surface area contributed by atoms with Gasteiger partial charge in [-0.05, 0) is 42.8 Å². The van der Waals surface area contributed by atoms with Gasteiger partial charge in [0, 0.05) is 40.3 Å². The van der Waals surface area contributed by atoms with Crippen molar-refractivity contribution in [3.05, 3.63) is 82.3 Å². The molecule has 0 spiro atoms. The minimum absolute atomic E-state index is 0.0635. The first-order valence-electron chi connectivity index (χ1n) is 10.6. The molecule has 0 bridgehead atoms. The number of nitrogens with one attached hydrogen (secondary N) is 3. The topological polar surface area (TPSA) is 127 Å². The molecule has 10 heteroatoms. The van der Waals surface area contributed by atoms with Gasteiger partial charge in [0.25, 0.3) is 0 Å². The lowest BCUT2D eigenvalue weighted by Crippen LogP contribution is -2.03. The summed E-state index contributed by atoms with van der Waals surface area (Å²) < 4.78 is 13.7. The zero-order chi connectivity index (χ0) is 24.9. The third kappa shape index (κ3) is 5.23. The molecule has 0 amide bonds. The summed E-state index contributed by atoms with van der Waals surface area (Å²) in [7, 11) is 0. The van der Waals surface area contributed by atoms with E-state index in [4.69, 9.17) is 11.6 Å². The van der Waals surface area contributed by atoms with E-state index in [2.05, 4.69) is 31.7 Å². The molecule has 176 valence electrons. The lowest BCUT2D eigenvalue weighted by atomic mass is 10.0. The Labute approximate surface area is 205 Å². The van der Waals surface area contributed by atoms with Crippen LogP contribution in [0.5, 0.6) is 0 Å². The third-order valence-electron chi connectivity index (χ3n) is 5.33. The summed E-state index contributed by atoms with van der Waals surface area (Å²) in [4.78, 5) is 23.2. The number of carboxylic acids is 1. The van der Waals surface area contributed by atoms with Gasteiger partial charge in [-0.25, -0.2) is 14.2 Å². The second-order valence-electron chi connectivity index (χ2n) is 7.63. The Morgan fingerprint density at radius 3 is 2.77 bits per heavy atom. The molecular formula is C25H20ClFN6O2. The van der Waals surface area contributed by atoms with E-state index >= 15 is 0 Å². The summed E-state index contributed by atoms with van der Waals surface area (Å²) in [6, 6.07) is 9.90. The van der Waals surface area contributed by atoms with E-state index in [1.165, 1.54) is 24.4 Å². The predicted molar refractivity (Wildman–Crippen MR) is 133 cm³/mol. The summed E-state index contributed by atoms with van der Waals surface area (Å²) in [6.45, 7) is 2.20. The number of aromatic amines is 1. The standard InChI is InChI=1S/C25H20ClFN6O2/c1-2-14(25(34)35)5-15-6-18(30-12-19-11-29-13-32-19)7-20-23(15)31-10-16(9-28)24(20)33-17-3-4-22(27)21(26)8-17/h3-8,10-11,13,30H,2,12H2,1H3,(H,29,32)(H,31,33)(H,34,35). The number of anilines is 3. The number of halogens is 2. The van der Waals surface area contributed by atoms with Gasteiger partial charge in [0.2, 0.25) is 0 Å². The van der Waals surface area contributed by atoms with Crippen molar-refractivity contribution < 1.29 is 14.3 Å². The van der Waals surface area contributed by atoms with Gasteiger partial charge in [-0.2, -0.15) is 5.26 Å². The lowest BCUT2D eigenvalue weighted by Gasteiger charge is -2.16. The average Bonchev–Trinajstić information content (AvgIpc) is 3.37. The summed E-state index contributed by atoms with van der Waals surface area (Å²) >= 11 is 5.94. The second-order valence-corrected chi connectivity index (χ2v) is 8.04. The minimum Gasteiger partial charge on any atom is -0.478 e. The Kier molecular flexibility index (Phi) is 6.94. The van der Waals surface area contributed by atoms with Crippen molar-refractivity contribution in [3.63, 3.8) is 0 Å². The van der Waals surface area contributed by atoms with Gasteiger partial charge in [0.05, 0.1) is 40.4 Å². The maximum atomic E-state index is 13.7. The first-order chi connectivity index (χ1) is 16.9. The second kappa shape index (κ2) is 10.2. The third-order valence-corrected chi connectivity index (χ3v) is 5.62. The maximum Gasteiger partial charge on any atom is 0.331 e. The minimum atomic E-state index is -1.02. The molecule has 2 heterocycles. The Hall–Kier alpha value is -4.42. The van der Waals surface area contributed by atoms with Gasteiger partial charge in [-0.15, -0.1) is 0 Å². The highest BCUT2D eigenvalue weighted by Gasteiger charge is 2.15. The van der Waals surface area contributed by atoms with Crippen LogP contribution < -0.4 is 10.6 Å². The molecule has 35 heavy (non-hydrogen) atoms. The van der Waals surface area contributed by atoms with Gasteiger partial charge < -0.3 is 20.7 Å². The zero-order valence-electron chi connectivity index (χ0n) is 18.6. The Bertz CT molecular complexity index is 1480. The number of carbonyl (C=O) groups is 1. The van der Waals surface area contributed by atoms with Crippen LogP contribution in [0, 0.1) is 17.1 Å². The largest absolute Gasteiger partial charge is 0.478 e. The van der Waals surface area contributed by atoms with Gasteiger partial charge in [-0.1, -0.05) is 18.5 Å². The van der Waals surface area contributed by atoms with E-state index in [-0.39, 0.29) is 16.2 Å². The number of aliphatic carboxylic acids is 1. The van der Waals surface area contributed by atoms with Crippen LogP contribution in [0.15, 0.2) is 54.6 Å². The number of nitrogens with zero attached hydrogens (tertiary/aromatic N) is 3. The van der Waals surface area contributed by atoms with Crippen LogP contribution in [0.4, 0.5) is 21.5 Å². The average molecular weight is 491 g/mol. The van der Waals surface area contributed by atoms with E-state index in [1.807, 2.05) is 6.07 Å². The van der Waals surface area contributed by atoms with Crippen LogP contribution in [-0.2, 0) is 11.3 Å². The molecule has 2 aromatic heterocycles. The number of carboxylic acid groups (broad SMARTS) is 1. The van der Waals surface area contributed by atoms with E-state index < -0.39 is 11.8 Å². The molecule has 4 rings (SSSR count).